The minimum atomic E-state index is -0.904. The summed E-state index contributed by atoms with van der Waals surface area (Å²) < 4.78 is 1.63. The predicted molar refractivity (Wildman–Crippen MR) is 44.5 cm³/mol. The number of aliphatic carboxylic acids is 1. The van der Waals surface area contributed by atoms with E-state index < -0.39 is 5.97 Å². The van der Waals surface area contributed by atoms with E-state index >= 15 is 0 Å². The third-order valence-corrected chi connectivity index (χ3v) is 1.45. The molecule has 0 aliphatic heterocycles. The molecule has 0 aliphatic carbocycles. The van der Waals surface area contributed by atoms with Crippen molar-refractivity contribution in [3.05, 3.63) is 23.5 Å². The van der Waals surface area contributed by atoms with Crippen molar-refractivity contribution in [1.29, 1.82) is 0 Å². The Balaban J connectivity index is 2.87. The number of aryl methyl sites for hydroxylation is 1. The lowest BCUT2D eigenvalue weighted by Gasteiger charge is -1.89. The maximum atomic E-state index is 10.4. The number of aromatic nitrogens is 2. The van der Waals surface area contributed by atoms with E-state index in [4.69, 9.17) is 5.11 Å². The summed E-state index contributed by atoms with van der Waals surface area (Å²) in [6.45, 7) is 1.55. The molecule has 1 N–H and O–H groups in total. The average Bonchev–Trinajstić information content (AvgIpc) is 2.35. The first kappa shape index (κ1) is 8.52. The molecule has 1 aromatic heterocycles. The number of carboxylic acids is 1. The molecule has 0 atom stereocenters. The standard InChI is InChI=1S/C8H10N2O2/c1-6(8(11)12)3-7-4-9-10(2)5-7/h3-5H,1-2H3,(H,11,12)/b6-3-. The average molecular weight is 166 g/mol. The Hall–Kier alpha value is -1.58. The van der Waals surface area contributed by atoms with Crippen LogP contribution in [-0.4, -0.2) is 20.9 Å². The van der Waals surface area contributed by atoms with E-state index in [0.717, 1.165) is 5.56 Å². The van der Waals surface area contributed by atoms with Crippen molar-refractivity contribution < 1.29 is 9.90 Å². The molecule has 4 heteroatoms. The number of carbonyl (C=O) groups is 1. The Morgan fingerprint density at radius 2 is 2.42 bits per heavy atom. The van der Waals surface area contributed by atoms with Crippen LogP contribution in [0, 0.1) is 0 Å². The lowest BCUT2D eigenvalue weighted by atomic mass is 10.2. The van der Waals surface area contributed by atoms with E-state index in [1.165, 1.54) is 0 Å². The minimum absolute atomic E-state index is 0.308. The smallest absolute Gasteiger partial charge is 0.331 e. The highest BCUT2D eigenvalue weighted by atomic mass is 16.4. The SMILES string of the molecule is C/C(=C/c1cnn(C)c1)C(=O)O. The molecular formula is C8H10N2O2. The summed E-state index contributed by atoms with van der Waals surface area (Å²) in [6.07, 6.45) is 4.95. The molecule has 64 valence electrons. The van der Waals surface area contributed by atoms with Crippen LogP contribution in [-0.2, 0) is 11.8 Å². The molecule has 0 spiro atoms. The van der Waals surface area contributed by atoms with Gasteiger partial charge in [0, 0.05) is 24.4 Å². The van der Waals surface area contributed by atoms with Crippen molar-refractivity contribution in [3.63, 3.8) is 0 Å². The van der Waals surface area contributed by atoms with Gasteiger partial charge in [-0.1, -0.05) is 0 Å². The summed E-state index contributed by atoms with van der Waals surface area (Å²) in [7, 11) is 1.79. The minimum Gasteiger partial charge on any atom is -0.478 e. The predicted octanol–water partition coefficient (Wildman–Crippen LogP) is 0.908. The molecule has 0 bridgehead atoms. The second kappa shape index (κ2) is 3.21. The quantitative estimate of drug-likeness (QED) is 0.664. The molecule has 4 nitrogen and oxygen atoms in total. The number of hydrogen-bond donors (Lipinski definition) is 1. The molecule has 1 rings (SSSR count). The Morgan fingerprint density at radius 1 is 1.75 bits per heavy atom. The topological polar surface area (TPSA) is 55.1 Å². The molecule has 0 saturated heterocycles. The van der Waals surface area contributed by atoms with E-state index in [1.54, 1.807) is 37.1 Å². The molecule has 0 aromatic carbocycles. The highest BCUT2D eigenvalue weighted by molar-refractivity contribution is 5.91. The molecule has 12 heavy (non-hydrogen) atoms. The van der Waals surface area contributed by atoms with Gasteiger partial charge in [-0.25, -0.2) is 4.79 Å². The van der Waals surface area contributed by atoms with Gasteiger partial charge in [0.15, 0.2) is 0 Å². The van der Waals surface area contributed by atoms with E-state index in [0.29, 0.717) is 5.57 Å². The second-order valence-electron chi connectivity index (χ2n) is 2.58. The molecule has 0 unspecified atom stereocenters. The summed E-state index contributed by atoms with van der Waals surface area (Å²) in [5.74, 6) is -0.904. The molecule has 0 saturated carbocycles. The van der Waals surface area contributed by atoms with Crippen molar-refractivity contribution in [3.8, 4) is 0 Å². The summed E-state index contributed by atoms with van der Waals surface area (Å²) in [4.78, 5) is 10.4. The van der Waals surface area contributed by atoms with Crippen molar-refractivity contribution in [2.24, 2.45) is 7.05 Å². The van der Waals surface area contributed by atoms with Crippen LogP contribution in [0.25, 0.3) is 6.08 Å². The van der Waals surface area contributed by atoms with Gasteiger partial charge in [-0.2, -0.15) is 5.10 Å². The Kier molecular flexibility index (Phi) is 2.28. The molecule has 0 fully saturated rings. The van der Waals surface area contributed by atoms with E-state index in [-0.39, 0.29) is 0 Å². The van der Waals surface area contributed by atoms with Crippen molar-refractivity contribution in [2.45, 2.75) is 6.92 Å². The van der Waals surface area contributed by atoms with Crippen LogP contribution < -0.4 is 0 Å². The number of carboxylic acid groups (broad SMARTS) is 1. The zero-order valence-electron chi connectivity index (χ0n) is 6.98. The van der Waals surface area contributed by atoms with Gasteiger partial charge >= 0.3 is 5.97 Å². The van der Waals surface area contributed by atoms with E-state index in [1.807, 2.05) is 0 Å². The highest BCUT2D eigenvalue weighted by Crippen LogP contribution is 2.04. The van der Waals surface area contributed by atoms with Gasteiger partial charge in [0.2, 0.25) is 0 Å². The second-order valence-corrected chi connectivity index (χ2v) is 2.58. The Bertz CT molecular complexity index is 326. The maximum Gasteiger partial charge on any atom is 0.331 e. The van der Waals surface area contributed by atoms with Gasteiger partial charge in [-0.3, -0.25) is 4.68 Å². The lowest BCUT2D eigenvalue weighted by molar-refractivity contribution is -0.132. The highest BCUT2D eigenvalue weighted by Gasteiger charge is 2.00. The molecule has 0 aliphatic rings. The fourth-order valence-corrected chi connectivity index (χ4v) is 0.826. The van der Waals surface area contributed by atoms with Crippen LogP contribution >= 0.6 is 0 Å². The third kappa shape index (κ3) is 1.95. The van der Waals surface area contributed by atoms with Crippen LogP contribution in [0.1, 0.15) is 12.5 Å². The van der Waals surface area contributed by atoms with Crippen LogP contribution in [0.3, 0.4) is 0 Å². The van der Waals surface area contributed by atoms with E-state index in [9.17, 15) is 4.79 Å². The molecule has 1 aromatic rings. The lowest BCUT2D eigenvalue weighted by Crippen LogP contribution is -1.94. The first-order valence-electron chi connectivity index (χ1n) is 3.50. The molecular weight excluding hydrogens is 156 g/mol. The Morgan fingerprint density at radius 3 is 2.83 bits per heavy atom. The summed E-state index contributed by atoms with van der Waals surface area (Å²) in [6, 6.07) is 0. The fraction of sp³-hybridized carbons (Fsp3) is 0.250. The van der Waals surface area contributed by atoms with Crippen molar-refractivity contribution in [1.82, 2.24) is 9.78 Å². The number of nitrogens with zero attached hydrogens (tertiary/aromatic N) is 2. The van der Waals surface area contributed by atoms with Gasteiger partial charge < -0.3 is 5.11 Å². The van der Waals surface area contributed by atoms with Crippen molar-refractivity contribution in [2.75, 3.05) is 0 Å². The molecule has 0 amide bonds. The van der Waals surface area contributed by atoms with Crippen LogP contribution in [0.2, 0.25) is 0 Å². The summed E-state index contributed by atoms with van der Waals surface area (Å²) in [5, 5.41) is 12.5. The van der Waals surface area contributed by atoms with Crippen LogP contribution in [0.15, 0.2) is 18.0 Å². The first-order chi connectivity index (χ1) is 5.59. The largest absolute Gasteiger partial charge is 0.478 e. The molecule has 1 heterocycles. The normalized spacial score (nSPS) is 11.7. The number of hydrogen-bond acceptors (Lipinski definition) is 2. The number of rotatable bonds is 2. The summed E-state index contributed by atoms with van der Waals surface area (Å²) in [5.41, 5.74) is 1.11. The zero-order chi connectivity index (χ0) is 9.14. The van der Waals surface area contributed by atoms with Gasteiger partial charge in [0.25, 0.3) is 0 Å². The maximum absolute atomic E-state index is 10.4. The zero-order valence-corrected chi connectivity index (χ0v) is 6.98. The summed E-state index contributed by atoms with van der Waals surface area (Å²) >= 11 is 0. The van der Waals surface area contributed by atoms with Gasteiger partial charge in [-0.05, 0) is 13.0 Å². The third-order valence-electron chi connectivity index (χ3n) is 1.45. The fourth-order valence-electron chi connectivity index (χ4n) is 0.826. The van der Waals surface area contributed by atoms with E-state index in [2.05, 4.69) is 5.10 Å². The Labute approximate surface area is 70.1 Å². The van der Waals surface area contributed by atoms with Crippen LogP contribution in [0.5, 0.6) is 0 Å². The monoisotopic (exact) mass is 166 g/mol. The molecule has 0 radical (unpaired) electrons. The van der Waals surface area contributed by atoms with Gasteiger partial charge in [0.05, 0.1) is 6.20 Å². The van der Waals surface area contributed by atoms with Gasteiger partial charge in [0.1, 0.15) is 0 Å². The van der Waals surface area contributed by atoms with Gasteiger partial charge in [-0.15, -0.1) is 0 Å². The van der Waals surface area contributed by atoms with Crippen LogP contribution in [0.4, 0.5) is 0 Å². The van der Waals surface area contributed by atoms with Crippen molar-refractivity contribution >= 4 is 12.0 Å². The first-order valence-corrected chi connectivity index (χ1v) is 3.50.